The molecule has 6 nitrogen and oxygen atoms in total. The molecule has 1 aromatic heterocycles. The molecular weight excluding hydrogens is 448 g/mol. The van der Waals surface area contributed by atoms with Gasteiger partial charge in [-0.2, -0.15) is 4.98 Å². The van der Waals surface area contributed by atoms with Crippen LogP contribution >= 0.6 is 11.6 Å². The quantitative estimate of drug-likeness (QED) is 0.378. The van der Waals surface area contributed by atoms with Gasteiger partial charge in [0.25, 0.3) is 0 Å². The molecule has 172 valence electrons. The molecule has 1 fully saturated rings. The molecule has 1 amide bonds. The number of carbonyl (C=O) groups is 1. The third-order valence-electron chi connectivity index (χ3n) is 6.14. The number of hydrogen-bond acceptors (Lipinski definition) is 5. The maximum Gasteiger partial charge on any atom is 0.241 e. The Morgan fingerprint density at radius 1 is 0.971 bits per heavy atom. The van der Waals surface area contributed by atoms with Gasteiger partial charge in [0.1, 0.15) is 0 Å². The van der Waals surface area contributed by atoms with Crippen LogP contribution in [0.5, 0.6) is 0 Å². The molecule has 4 aromatic rings. The Morgan fingerprint density at radius 2 is 1.71 bits per heavy atom. The van der Waals surface area contributed by atoms with E-state index in [2.05, 4.69) is 32.5 Å². The molecule has 0 spiro atoms. The number of nitrogens with zero attached hydrogens (tertiary/aromatic N) is 3. The summed E-state index contributed by atoms with van der Waals surface area (Å²) in [5.74, 6) is 1.15. The first kappa shape index (κ1) is 22.3. The number of amides is 1. The minimum absolute atomic E-state index is 0.0233. The molecule has 3 aromatic carbocycles. The highest BCUT2D eigenvalue weighted by Crippen LogP contribution is 2.29. The highest BCUT2D eigenvalue weighted by atomic mass is 35.5. The van der Waals surface area contributed by atoms with Crippen LogP contribution in [-0.4, -0.2) is 34.0 Å². The minimum atomic E-state index is -0.0233. The number of aromatic nitrogens is 2. The molecule has 0 saturated carbocycles. The molecule has 0 atom stereocenters. The predicted molar refractivity (Wildman–Crippen MR) is 133 cm³/mol. The number of para-hydroxylation sites is 1. The first-order valence-electron chi connectivity index (χ1n) is 11.4. The molecule has 0 unspecified atom stereocenters. The summed E-state index contributed by atoms with van der Waals surface area (Å²) in [6.07, 6.45) is 1.57. The molecule has 0 bridgehead atoms. The minimum Gasteiger partial charge on any atom is -0.338 e. The van der Waals surface area contributed by atoms with E-state index < -0.39 is 0 Å². The fourth-order valence-electron chi connectivity index (χ4n) is 4.30. The van der Waals surface area contributed by atoms with Crippen molar-refractivity contribution in [3.63, 3.8) is 0 Å². The van der Waals surface area contributed by atoms with E-state index in [-0.39, 0.29) is 11.8 Å². The van der Waals surface area contributed by atoms with Gasteiger partial charge in [0.05, 0.1) is 6.54 Å². The van der Waals surface area contributed by atoms with E-state index >= 15 is 0 Å². The van der Waals surface area contributed by atoms with Crippen LogP contribution in [0.25, 0.3) is 22.5 Å². The average molecular weight is 473 g/mol. The van der Waals surface area contributed by atoms with Gasteiger partial charge >= 0.3 is 0 Å². The molecule has 1 saturated heterocycles. The summed E-state index contributed by atoms with van der Waals surface area (Å²) < 4.78 is 5.45. The van der Waals surface area contributed by atoms with Crippen LogP contribution in [0.15, 0.2) is 83.4 Å². The zero-order chi connectivity index (χ0) is 23.3. The van der Waals surface area contributed by atoms with Crippen LogP contribution in [0, 0.1) is 5.92 Å². The number of rotatable bonds is 6. The van der Waals surface area contributed by atoms with Crippen molar-refractivity contribution in [2.75, 3.05) is 18.4 Å². The highest BCUT2D eigenvalue weighted by molar-refractivity contribution is 6.30. The van der Waals surface area contributed by atoms with E-state index in [0.717, 1.165) is 48.3 Å². The standard InChI is InChI=1S/C27H25ClN4O2/c28-22-10-6-9-21(17-22)26-30-25(34-31-26)18-32-15-13-20(14-16-32)27(33)29-24-12-5-4-11-23(24)19-7-2-1-3-8-19/h1-12,17,20H,13-16,18H2,(H,29,33). The Balaban J connectivity index is 1.17. The van der Waals surface area contributed by atoms with Gasteiger partial charge in [0.2, 0.25) is 17.6 Å². The van der Waals surface area contributed by atoms with Gasteiger partial charge in [-0.15, -0.1) is 0 Å². The summed E-state index contributed by atoms with van der Waals surface area (Å²) in [4.78, 5) is 19.8. The number of benzene rings is 3. The third-order valence-corrected chi connectivity index (χ3v) is 6.37. The third kappa shape index (κ3) is 5.19. The molecule has 1 N–H and O–H groups in total. The largest absolute Gasteiger partial charge is 0.338 e. The van der Waals surface area contributed by atoms with Crippen molar-refractivity contribution in [1.29, 1.82) is 0 Å². The van der Waals surface area contributed by atoms with Crippen LogP contribution in [0.2, 0.25) is 5.02 Å². The summed E-state index contributed by atoms with van der Waals surface area (Å²) in [7, 11) is 0. The summed E-state index contributed by atoms with van der Waals surface area (Å²) in [6, 6.07) is 25.4. The first-order valence-corrected chi connectivity index (χ1v) is 11.8. The summed E-state index contributed by atoms with van der Waals surface area (Å²) in [6.45, 7) is 2.17. The molecule has 0 aliphatic carbocycles. The molecule has 0 radical (unpaired) electrons. The zero-order valence-electron chi connectivity index (χ0n) is 18.7. The lowest BCUT2D eigenvalue weighted by molar-refractivity contribution is -0.121. The lowest BCUT2D eigenvalue weighted by Crippen LogP contribution is -2.37. The number of piperidine rings is 1. The van der Waals surface area contributed by atoms with E-state index in [1.807, 2.05) is 66.7 Å². The lowest BCUT2D eigenvalue weighted by atomic mass is 9.95. The maximum atomic E-state index is 13.0. The van der Waals surface area contributed by atoms with Gasteiger partial charge in [-0.25, -0.2) is 0 Å². The number of hydrogen-bond donors (Lipinski definition) is 1. The van der Waals surface area contributed by atoms with Crippen molar-refractivity contribution in [1.82, 2.24) is 15.0 Å². The molecule has 1 aliphatic rings. The van der Waals surface area contributed by atoms with E-state index in [0.29, 0.717) is 23.3 Å². The Labute approximate surface area is 203 Å². The van der Waals surface area contributed by atoms with Crippen molar-refractivity contribution < 1.29 is 9.32 Å². The second kappa shape index (κ2) is 10.2. The molecule has 1 aliphatic heterocycles. The van der Waals surface area contributed by atoms with Crippen molar-refractivity contribution >= 4 is 23.2 Å². The van der Waals surface area contributed by atoms with Crippen LogP contribution in [0.3, 0.4) is 0 Å². The van der Waals surface area contributed by atoms with Crippen LogP contribution < -0.4 is 5.32 Å². The lowest BCUT2D eigenvalue weighted by Gasteiger charge is -2.30. The van der Waals surface area contributed by atoms with Gasteiger partial charge in [-0.05, 0) is 49.7 Å². The van der Waals surface area contributed by atoms with Crippen LogP contribution in [0.1, 0.15) is 18.7 Å². The molecule has 2 heterocycles. The Bertz CT molecular complexity index is 1270. The second-order valence-electron chi connectivity index (χ2n) is 8.47. The van der Waals surface area contributed by atoms with Crippen molar-refractivity contribution in [3.8, 4) is 22.5 Å². The van der Waals surface area contributed by atoms with Gasteiger partial charge in [-0.3, -0.25) is 9.69 Å². The highest BCUT2D eigenvalue weighted by Gasteiger charge is 2.26. The zero-order valence-corrected chi connectivity index (χ0v) is 19.4. The fraction of sp³-hybridized carbons (Fsp3) is 0.222. The summed E-state index contributed by atoms with van der Waals surface area (Å²) in [5.41, 5.74) is 3.79. The van der Waals surface area contributed by atoms with Crippen LogP contribution in [0.4, 0.5) is 5.69 Å². The Morgan fingerprint density at radius 3 is 2.50 bits per heavy atom. The first-order chi connectivity index (χ1) is 16.7. The van der Waals surface area contributed by atoms with E-state index in [1.54, 1.807) is 0 Å². The monoisotopic (exact) mass is 472 g/mol. The van der Waals surface area contributed by atoms with Gasteiger partial charge in [-0.1, -0.05) is 77.4 Å². The number of carbonyl (C=O) groups excluding carboxylic acids is 1. The number of anilines is 1. The second-order valence-corrected chi connectivity index (χ2v) is 8.91. The number of nitrogens with one attached hydrogen (secondary N) is 1. The van der Waals surface area contributed by atoms with Crippen molar-refractivity contribution in [3.05, 3.63) is 89.8 Å². The topological polar surface area (TPSA) is 71.3 Å². The van der Waals surface area contributed by atoms with E-state index in [4.69, 9.17) is 16.1 Å². The van der Waals surface area contributed by atoms with Gasteiger partial charge < -0.3 is 9.84 Å². The fourth-order valence-corrected chi connectivity index (χ4v) is 4.50. The molecule has 34 heavy (non-hydrogen) atoms. The Hall–Kier alpha value is -3.48. The Kier molecular flexibility index (Phi) is 6.70. The molecule has 7 heteroatoms. The van der Waals surface area contributed by atoms with Gasteiger partial charge in [0.15, 0.2) is 0 Å². The van der Waals surface area contributed by atoms with Crippen molar-refractivity contribution in [2.24, 2.45) is 5.92 Å². The van der Waals surface area contributed by atoms with Crippen molar-refractivity contribution in [2.45, 2.75) is 19.4 Å². The average Bonchev–Trinajstić information content (AvgIpc) is 3.34. The summed E-state index contributed by atoms with van der Waals surface area (Å²) in [5, 5.41) is 7.88. The SMILES string of the molecule is O=C(Nc1ccccc1-c1ccccc1)C1CCN(Cc2nc(-c3cccc(Cl)c3)no2)CC1. The molecule has 5 rings (SSSR count). The van der Waals surface area contributed by atoms with E-state index in [1.165, 1.54) is 0 Å². The predicted octanol–water partition coefficient (Wildman–Crippen LogP) is 5.91. The van der Waals surface area contributed by atoms with Gasteiger partial charge in [0, 0.05) is 27.8 Å². The normalized spacial score (nSPS) is 14.7. The summed E-state index contributed by atoms with van der Waals surface area (Å²) >= 11 is 6.06. The van der Waals surface area contributed by atoms with E-state index in [9.17, 15) is 4.79 Å². The smallest absolute Gasteiger partial charge is 0.241 e. The molecular formula is C27H25ClN4O2. The van der Waals surface area contributed by atoms with Crippen LogP contribution in [-0.2, 0) is 11.3 Å². The number of halogens is 1. The number of likely N-dealkylation sites (tertiary alicyclic amines) is 1. The maximum absolute atomic E-state index is 13.0.